The van der Waals surface area contributed by atoms with Crippen LogP contribution in [0.25, 0.3) is 0 Å². The molecule has 60 heavy (non-hydrogen) atoms. The Morgan fingerprint density at radius 1 is 0.867 bits per heavy atom. The smallest absolute Gasteiger partial charge is 0.331 e. The quantitative estimate of drug-likeness (QED) is 0.146. The summed E-state index contributed by atoms with van der Waals surface area (Å²) in [5.41, 5.74) is -3.35. The van der Waals surface area contributed by atoms with Gasteiger partial charge in [0.15, 0.2) is 0 Å². The lowest BCUT2D eigenvalue weighted by molar-refractivity contribution is -0.338. The number of cyclic esters (lactones) is 1. The van der Waals surface area contributed by atoms with Crippen LogP contribution in [0.2, 0.25) is 0 Å². The first-order chi connectivity index (χ1) is 28.8. The van der Waals surface area contributed by atoms with Crippen molar-refractivity contribution >= 4 is 33.5 Å². The number of aliphatic hydroxyl groups excluding tert-OH is 2. The van der Waals surface area contributed by atoms with Gasteiger partial charge in [0, 0.05) is 35.8 Å². The highest BCUT2D eigenvalue weighted by atomic mass is 33.1. The first-order valence-electron chi connectivity index (χ1n) is 23.7. The van der Waals surface area contributed by atoms with Crippen LogP contribution in [0.1, 0.15) is 148 Å². The van der Waals surface area contributed by atoms with Gasteiger partial charge in [-0.15, -0.1) is 5.92 Å². The number of aliphatic hydroxyl groups is 3. The van der Waals surface area contributed by atoms with E-state index in [1.54, 1.807) is 6.08 Å². The Balaban J connectivity index is 1.25. The fourth-order valence-corrected chi connectivity index (χ4v) is 18.8. The van der Waals surface area contributed by atoms with E-state index >= 15 is 4.79 Å². The van der Waals surface area contributed by atoms with E-state index in [1.165, 1.54) is 5.56 Å². The predicted molar refractivity (Wildman–Crippen MR) is 239 cm³/mol. The first-order valence-corrected chi connectivity index (χ1v) is 26.1. The molecule has 4 saturated carbocycles. The molecule has 6 bridgehead atoms. The fraction of sp³-hybridized carbons (Fsp3) is 0.765. The Morgan fingerprint density at radius 3 is 2.35 bits per heavy atom. The van der Waals surface area contributed by atoms with Crippen LogP contribution in [0, 0.1) is 62.6 Å². The molecule has 1 spiro atoms. The SMILES string of the molecule is C[C@]12CC[C@H](SSC[C@@H](Cc3ccccc3)C1)[C@@H]1CCCC[C@]13CC#C[C@@]1(C)C[C@@H](OC3=O)[C@@H]3[C@@]([C@H](O)CC[C@@]3(C)C3CCCC3)([C@@H](O)CC2)[C@@]1(O)CCC1=CC(=O)OC1. The van der Waals surface area contributed by atoms with E-state index < -0.39 is 51.5 Å². The summed E-state index contributed by atoms with van der Waals surface area (Å²) in [6.07, 6.45) is 14.7. The maximum atomic E-state index is 15.7. The molecule has 3 N–H and O–H groups in total. The summed E-state index contributed by atoms with van der Waals surface area (Å²) in [6.45, 7) is 7.02. The molecule has 0 aromatic heterocycles. The standard InChI is InChI=1S/C51H70O7S2/c1-46-24-18-40(60-59-33-36(30-46)28-34-12-5-4-6-13-34)38-16-9-10-22-49(38)23-11-21-47(2)31-39(58-45(49)55)44-48(3,37-14-7-8-15-37)26-20-42(53)51(44,41(52)19-25-46)50(47,56)27-17-35-29-43(54)57-32-35/h4-6,12-13,29,36-42,44,52-53,56H,7-10,14-20,22-28,30-33H2,1-3H3/t36-,38-,39+,40-,41-,42+,44-,46+,47-,48-,49-,50+,51-/m0/s1. The van der Waals surface area contributed by atoms with Crippen LogP contribution in [0.4, 0.5) is 0 Å². The molecule has 0 radical (unpaired) electrons. The minimum atomic E-state index is -1.68. The highest BCUT2D eigenvalue weighted by molar-refractivity contribution is 8.76. The summed E-state index contributed by atoms with van der Waals surface area (Å²) in [5.74, 6) is 8.27. The number of fused-ring (bicyclic) bond motifs is 6. The number of hydrogen-bond acceptors (Lipinski definition) is 9. The Morgan fingerprint density at radius 2 is 1.60 bits per heavy atom. The van der Waals surface area contributed by atoms with E-state index in [-0.39, 0.29) is 41.5 Å². The lowest BCUT2D eigenvalue weighted by Crippen LogP contribution is -2.79. The van der Waals surface area contributed by atoms with Crippen LogP contribution in [-0.2, 0) is 25.5 Å². The molecule has 8 aliphatic rings. The van der Waals surface area contributed by atoms with E-state index in [4.69, 9.17) is 9.47 Å². The number of carbonyl (C=O) groups excluding carboxylic acids is 2. The van der Waals surface area contributed by atoms with Gasteiger partial charge in [-0.05, 0) is 137 Å². The zero-order chi connectivity index (χ0) is 42.0. The van der Waals surface area contributed by atoms with Gasteiger partial charge < -0.3 is 24.8 Å². The first kappa shape index (κ1) is 43.3. The number of ether oxygens (including phenoxy) is 2. The molecule has 9 heteroatoms. The highest BCUT2D eigenvalue weighted by Crippen LogP contribution is 2.72. The van der Waals surface area contributed by atoms with Gasteiger partial charge in [-0.1, -0.05) is 97.4 Å². The number of carbonyl (C=O) groups is 2. The normalized spacial score (nSPS) is 45.9. The Hall–Kier alpha value is -1.96. The molecule has 1 aromatic rings. The van der Waals surface area contributed by atoms with Crippen molar-refractivity contribution in [1.29, 1.82) is 0 Å². The number of benzene rings is 1. The van der Waals surface area contributed by atoms with Crippen molar-refractivity contribution in [2.45, 2.75) is 178 Å². The summed E-state index contributed by atoms with van der Waals surface area (Å²) in [7, 11) is 4.02. The maximum Gasteiger partial charge on any atom is 0.331 e. The molecular weight excluding hydrogens is 789 g/mol. The van der Waals surface area contributed by atoms with Crippen LogP contribution in [-0.4, -0.2) is 68.8 Å². The minimum absolute atomic E-state index is 0.106. The van der Waals surface area contributed by atoms with Crippen LogP contribution in [0.3, 0.4) is 0 Å². The minimum Gasteiger partial charge on any atom is -0.462 e. The topological polar surface area (TPSA) is 113 Å². The van der Waals surface area contributed by atoms with Crippen LogP contribution in [0.15, 0.2) is 42.0 Å². The second-order valence-electron chi connectivity index (χ2n) is 21.8. The largest absolute Gasteiger partial charge is 0.462 e. The van der Waals surface area contributed by atoms with Gasteiger partial charge in [0.05, 0.1) is 34.1 Å². The van der Waals surface area contributed by atoms with Crippen molar-refractivity contribution in [2.75, 3.05) is 12.4 Å². The average Bonchev–Trinajstić information content (AvgIpc) is 3.94. The average molecular weight is 859 g/mol. The molecule has 6 fully saturated rings. The van der Waals surface area contributed by atoms with Gasteiger partial charge in [0.25, 0.3) is 0 Å². The molecule has 4 aliphatic heterocycles. The van der Waals surface area contributed by atoms with E-state index in [1.807, 2.05) is 28.5 Å². The lowest BCUT2D eigenvalue weighted by Gasteiger charge is -2.71. The Labute approximate surface area is 367 Å². The lowest BCUT2D eigenvalue weighted by atomic mass is 9.35. The molecule has 328 valence electrons. The summed E-state index contributed by atoms with van der Waals surface area (Å²) in [4.78, 5) is 28.0. The third-order valence-corrected chi connectivity index (χ3v) is 21.5. The molecule has 7 nitrogen and oxygen atoms in total. The molecule has 2 saturated heterocycles. The Kier molecular flexibility index (Phi) is 11.9. The zero-order valence-corrected chi connectivity index (χ0v) is 38.1. The van der Waals surface area contributed by atoms with Gasteiger partial charge in [0.1, 0.15) is 12.7 Å². The highest BCUT2D eigenvalue weighted by Gasteiger charge is 2.78. The number of rotatable bonds is 6. The zero-order valence-electron chi connectivity index (χ0n) is 36.4. The van der Waals surface area contributed by atoms with Crippen molar-refractivity contribution < 1.29 is 34.4 Å². The predicted octanol–water partition coefficient (Wildman–Crippen LogP) is 9.79. The van der Waals surface area contributed by atoms with Crippen molar-refractivity contribution in [3.63, 3.8) is 0 Å². The fourth-order valence-electron chi connectivity index (χ4n) is 15.4. The van der Waals surface area contributed by atoms with E-state index in [2.05, 4.69) is 56.0 Å². The van der Waals surface area contributed by atoms with Crippen LogP contribution >= 0.6 is 21.6 Å². The molecule has 13 atom stereocenters. The van der Waals surface area contributed by atoms with Crippen molar-refractivity contribution in [1.82, 2.24) is 0 Å². The maximum absolute atomic E-state index is 15.7. The number of hydrogen-bond donors (Lipinski definition) is 3. The third kappa shape index (κ3) is 7.15. The van der Waals surface area contributed by atoms with E-state index in [9.17, 15) is 20.1 Å². The summed E-state index contributed by atoms with van der Waals surface area (Å²) < 4.78 is 12.6. The van der Waals surface area contributed by atoms with Gasteiger partial charge in [0.2, 0.25) is 0 Å². The van der Waals surface area contributed by atoms with Crippen molar-refractivity contribution in [2.24, 2.45) is 50.7 Å². The molecule has 9 rings (SSSR count). The summed E-state index contributed by atoms with van der Waals surface area (Å²) in [5, 5.41) is 41.3. The van der Waals surface area contributed by atoms with E-state index in [0.717, 1.165) is 101 Å². The number of esters is 2. The molecule has 0 unspecified atom stereocenters. The second kappa shape index (κ2) is 16.5. The van der Waals surface area contributed by atoms with Gasteiger partial charge in [-0.2, -0.15) is 0 Å². The van der Waals surface area contributed by atoms with Crippen molar-refractivity contribution in [3.05, 3.63) is 47.5 Å². The molecular formula is C51H70O7S2. The van der Waals surface area contributed by atoms with Gasteiger partial charge in [-0.25, -0.2) is 4.79 Å². The molecule has 4 aliphatic carbocycles. The molecule has 1 aromatic carbocycles. The molecule has 4 heterocycles. The molecule has 0 amide bonds. The third-order valence-electron chi connectivity index (χ3n) is 18.4. The van der Waals surface area contributed by atoms with Gasteiger partial charge in [-0.3, -0.25) is 4.79 Å². The summed E-state index contributed by atoms with van der Waals surface area (Å²) >= 11 is 0. The summed E-state index contributed by atoms with van der Waals surface area (Å²) in [6, 6.07) is 10.9. The second-order valence-corrected chi connectivity index (χ2v) is 24.4. The monoisotopic (exact) mass is 858 g/mol. The van der Waals surface area contributed by atoms with E-state index in [0.29, 0.717) is 43.9 Å². The van der Waals surface area contributed by atoms with Crippen LogP contribution < -0.4 is 0 Å². The van der Waals surface area contributed by atoms with Crippen LogP contribution in [0.5, 0.6) is 0 Å². The van der Waals surface area contributed by atoms with Crippen molar-refractivity contribution in [3.8, 4) is 11.8 Å². The van der Waals surface area contributed by atoms with Gasteiger partial charge >= 0.3 is 11.9 Å². The Bertz CT molecular complexity index is 1870.